The van der Waals surface area contributed by atoms with Crippen LogP contribution in [0.4, 0.5) is 5.95 Å². The van der Waals surface area contributed by atoms with Crippen LogP contribution in [0.3, 0.4) is 0 Å². The van der Waals surface area contributed by atoms with Crippen molar-refractivity contribution in [3.8, 4) is 0 Å². The molecule has 1 aromatic rings. The minimum Gasteiger partial charge on any atom is -0.396 e. The quantitative estimate of drug-likeness (QED) is 0.810. The smallest absolute Gasteiger partial charge is 0.240 e. The first-order valence-corrected chi connectivity index (χ1v) is 6.68. The van der Waals surface area contributed by atoms with Gasteiger partial charge in [0.25, 0.3) is 0 Å². The van der Waals surface area contributed by atoms with Gasteiger partial charge in [0.2, 0.25) is 11.9 Å². The number of aliphatic hydroxyl groups excluding tert-OH is 1. The Morgan fingerprint density at radius 3 is 3.00 bits per heavy atom. The molecule has 1 unspecified atom stereocenters. The van der Waals surface area contributed by atoms with Crippen molar-refractivity contribution in [3.63, 3.8) is 0 Å². The van der Waals surface area contributed by atoms with E-state index in [0.29, 0.717) is 18.4 Å². The number of anilines is 1. The third-order valence-electron chi connectivity index (χ3n) is 3.32. The van der Waals surface area contributed by atoms with Crippen molar-refractivity contribution in [2.45, 2.75) is 19.3 Å². The molecule has 0 aliphatic carbocycles. The Bertz CT molecular complexity index is 397. The summed E-state index contributed by atoms with van der Waals surface area (Å²) in [4.78, 5) is 21.9. The summed E-state index contributed by atoms with van der Waals surface area (Å²) in [6, 6.07) is 1.71. The molecule has 2 rings (SSSR count). The van der Waals surface area contributed by atoms with Crippen LogP contribution in [-0.4, -0.2) is 52.1 Å². The van der Waals surface area contributed by atoms with Crippen molar-refractivity contribution in [2.75, 3.05) is 31.6 Å². The maximum atomic E-state index is 11.9. The fourth-order valence-corrected chi connectivity index (χ4v) is 2.44. The van der Waals surface area contributed by atoms with E-state index in [0.717, 1.165) is 32.4 Å². The van der Waals surface area contributed by atoms with E-state index in [2.05, 4.69) is 20.2 Å². The fourth-order valence-electron chi connectivity index (χ4n) is 2.44. The van der Waals surface area contributed by atoms with Gasteiger partial charge in [0, 0.05) is 25.5 Å². The monoisotopic (exact) mass is 264 g/mol. The minimum absolute atomic E-state index is 0.0872. The van der Waals surface area contributed by atoms with Gasteiger partial charge < -0.3 is 5.11 Å². The number of piperidine rings is 1. The highest BCUT2D eigenvalue weighted by Gasteiger charge is 2.21. The summed E-state index contributed by atoms with van der Waals surface area (Å²) in [6.07, 6.45) is 6.24. The second-order valence-electron chi connectivity index (χ2n) is 4.88. The van der Waals surface area contributed by atoms with Crippen LogP contribution in [0, 0.1) is 5.92 Å². The number of hydrogen-bond acceptors (Lipinski definition) is 5. The third kappa shape index (κ3) is 4.57. The van der Waals surface area contributed by atoms with Gasteiger partial charge in [-0.2, -0.15) is 0 Å². The molecule has 1 fully saturated rings. The third-order valence-corrected chi connectivity index (χ3v) is 3.32. The highest BCUT2D eigenvalue weighted by atomic mass is 16.3. The number of rotatable bonds is 5. The summed E-state index contributed by atoms with van der Waals surface area (Å²) in [7, 11) is 0. The first-order valence-electron chi connectivity index (χ1n) is 6.68. The van der Waals surface area contributed by atoms with Crippen molar-refractivity contribution >= 4 is 11.9 Å². The Balaban J connectivity index is 1.78. The predicted molar refractivity (Wildman–Crippen MR) is 71.5 cm³/mol. The van der Waals surface area contributed by atoms with E-state index in [4.69, 9.17) is 5.11 Å². The van der Waals surface area contributed by atoms with Gasteiger partial charge in [0.1, 0.15) is 0 Å². The number of nitrogens with zero attached hydrogens (tertiary/aromatic N) is 3. The van der Waals surface area contributed by atoms with Crippen LogP contribution >= 0.6 is 0 Å². The van der Waals surface area contributed by atoms with Crippen molar-refractivity contribution in [1.29, 1.82) is 0 Å². The van der Waals surface area contributed by atoms with Crippen molar-refractivity contribution < 1.29 is 9.90 Å². The number of amides is 1. The van der Waals surface area contributed by atoms with E-state index in [-0.39, 0.29) is 12.5 Å². The Morgan fingerprint density at radius 1 is 1.47 bits per heavy atom. The summed E-state index contributed by atoms with van der Waals surface area (Å²) in [6.45, 7) is 2.40. The molecule has 0 aromatic carbocycles. The van der Waals surface area contributed by atoms with Crippen molar-refractivity contribution in [3.05, 3.63) is 18.5 Å². The van der Waals surface area contributed by atoms with Gasteiger partial charge in [-0.25, -0.2) is 9.97 Å². The Morgan fingerprint density at radius 2 is 2.26 bits per heavy atom. The lowest BCUT2D eigenvalue weighted by Crippen LogP contribution is -2.40. The van der Waals surface area contributed by atoms with Gasteiger partial charge in [-0.1, -0.05) is 0 Å². The molecule has 1 aliphatic rings. The zero-order valence-electron chi connectivity index (χ0n) is 11.0. The van der Waals surface area contributed by atoms with E-state index in [1.807, 2.05) is 0 Å². The van der Waals surface area contributed by atoms with Crippen LogP contribution in [0.25, 0.3) is 0 Å². The SMILES string of the molecule is O=C(CN1CCCC(CCO)C1)Nc1ncccn1. The molecule has 1 aliphatic heterocycles. The van der Waals surface area contributed by atoms with Gasteiger partial charge >= 0.3 is 0 Å². The summed E-state index contributed by atoms with van der Waals surface area (Å²) in [5, 5.41) is 11.7. The van der Waals surface area contributed by atoms with E-state index in [1.165, 1.54) is 0 Å². The molecule has 1 aromatic heterocycles. The molecule has 0 radical (unpaired) electrons. The predicted octanol–water partition coefficient (Wildman–Crippen LogP) is 0.509. The van der Waals surface area contributed by atoms with Gasteiger partial charge in [0.15, 0.2) is 0 Å². The molecule has 1 saturated heterocycles. The topological polar surface area (TPSA) is 78.4 Å². The molecule has 1 amide bonds. The number of likely N-dealkylation sites (tertiary alicyclic amines) is 1. The molecule has 0 spiro atoms. The van der Waals surface area contributed by atoms with Crippen molar-refractivity contribution in [2.24, 2.45) is 5.92 Å². The average Bonchev–Trinajstić information content (AvgIpc) is 2.40. The minimum atomic E-state index is -0.0872. The molecular formula is C13H20N4O2. The fraction of sp³-hybridized carbons (Fsp3) is 0.615. The number of carbonyl (C=O) groups is 1. The Kier molecular flexibility index (Phi) is 5.23. The van der Waals surface area contributed by atoms with Crippen LogP contribution in [-0.2, 0) is 4.79 Å². The van der Waals surface area contributed by atoms with Gasteiger partial charge in [-0.3, -0.25) is 15.0 Å². The molecule has 0 bridgehead atoms. The lowest BCUT2D eigenvalue weighted by molar-refractivity contribution is -0.117. The number of carbonyl (C=O) groups excluding carboxylic acids is 1. The molecule has 1 atom stereocenters. The van der Waals surface area contributed by atoms with E-state index in [1.54, 1.807) is 18.5 Å². The van der Waals surface area contributed by atoms with Crippen LogP contribution in [0.15, 0.2) is 18.5 Å². The van der Waals surface area contributed by atoms with E-state index >= 15 is 0 Å². The first kappa shape index (κ1) is 13.9. The molecule has 6 heteroatoms. The summed E-state index contributed by atoms with van der Waals surface area (Å²) in [5.74, 6) is 0.756. The van der Waals surface area contributed by atoms with E-state index < -0.39 is 0 Å². The maximum Gasteiger partial charge on any atom is 0.240 e. The van der Waals surface area contributed by atoms with Crippen LogP contribution in [0.2, 0.25) is 0 Å². The second-order valence-corrected chi connectivity index (χ2v) is 4.88. The second kappa shape index (κ2) is 7.16. The normalized spacial score (nSPS) is 20.2. The average molecular weight is 264 g/mol. The first-order chi connectivity index (χ1) is 9.28. The Hall–Kier alpha value is -1.53. The highest BCUT2D eigenvalue weighted by Crippen LogP contribution is 2.18. The summed E-state index contributed by atoms with van der Waals surface area (Å²) in [5.41, 5.74) is 0. The molecule has 2 heterocycles. The zero-order valence-corrected chi connectivity index (χ0v) is 11.0. The van der Waals surface area contributed by atoms with Crippen LogP contribution in [0.1, 0.15) is 19.3 Å². The van der Waals surface area contributed by atoms with Gasteiger partial charge in [-0.05, 0) is 37.8 Å². The summed E-state index contributed by atoms with van der Waals surface area (Å²) < 4.78 is 0. The Labute approximate surface area is 112 Å². The largest absolute Gasteiger partial charge is 0.396 e. The van der Waals surface area contributed by atoms with Gasteiger partial charge in [-0.15, -0.1) is 0 Å². The number of aliphatic hydroxyl groups is 1. The molecule has 19 heavy (non-hydrogen) atoms. The lowest BCUT2D eigenvalue weighted by atomic mass is 9.95. The van der Waals surface area contributed by atoms with Gasteiger partial charge in [0.05, 0.1) is 6.54 Å². The molecule has 2 N–H and O–H groups in total. The van der Waals surface area contributed by atoms with Crippen LogP contribution in [0.5, 0.6) is 0 Å². The zero-order chi connectivity index (χ0) is 13.5. The number of aromatic nitrogens is 2. The standard InChI is InChI=1S/C13H20N4O2/c18-8-4-11-3-1-7-17(9-11)10-12(19)16-13-14-5-2-6-15-13/h2,5-6,11,18H,1,3-4,7-10H2,(H,14,15,16,19). The summed E-state index contributed by atoms with van der Waals surface area (Å²) >= 11 is 0. The van der Waals surface area contributed by atoms with Crippen LogP contribution < -0.4 is 5.32 Å². The molecule has 104 valence electrons. The molecule has 6 nitrogen and oxygen atoms in total. The molecular weight excluding hydrogens is 244 g/mol. The molecule has 0 saturated carbocycles. The maximum absolute atomic E-state index is 11.9. The number of hydrogen-bond donors (Lipinski definition) is 2. The van der Waals surface area contributed by atoms with E-state index in [9.17, 15) is 4.79 Å². The number of nitrogens with one attached hydrogen (secondary N) is 1. The lowest BCUT2D eigenvalue weighted by Gasteiger charge is -2.31. The highest BCUT2D eigenvalue weighted by molar-refractivity contribution is 5.90. The van der Waals surface area contributed by atoms with Crippen molar-refractivity contribution in [1.82, 2.24) is 14.9 Å².